The molecule has 3 nitrogen and oxygen atoms in total. The predicted molar refractivity (Wildman–Crippen MR) is 55.8 cm³/mol. The molecule has 1 fully saturated rings. The van der Waals surface area contributed by atoms with Crippen LogP contribution in [0.1, 0.15) is 32.6 Å². The molecule has 0 aliphatic heterocycles. The minimum absolute atomic E-state index is 0.724. The second-order valence-electron chi connectivity index (χ2n) is 3.55. The van der Waals surface area contributed by atoms with Gasteiger partial charge in [-0.05, 0) is 19.4 Å². The smallest absolute Gasteiger partial charge is 0.388 e. The van der Waals surface area contributed by atoms with E-state index in [2.05, 4.69) is 11.5 Å². The molecule has 1 rings (SSSR count). The van der Waals surface area contributed by atoms with Crippen molar-refractivity contribution in [3.05, 3.63) is 0 Å². The lowest BCUT2D eigenvalue weighted by molar-refractivity contribution is 0.174. The van der Waals surface area contributed by atoms with E-state index < -0.39 is 9.45 Å². The highest BCUT2D eigenvalue weighted by molar-refractivity contribution is 6.40. The molecule has 0 aromatic rings. The Kier molecular flexibility index (Phi) is 4.94. The molecule has 4 heteroatoms. The Bertz CT molecular complexity index is 134. The van der Waals surface area contributed by atoms with Crippen molar-refractivity contribution in [2.75, 3.05) is 20.8 Å². The van der Waals surface area contributed by atoms with Crippen molar-refractivity contribution in [3.8, 4) is 0 Å². The molecule has 0 bridgehead atoms. The maximum Gasteiger partial charge on any atom is 0.410 e. The molecule has 0 atom stereocenters. The van der Waals surface area contributed by atoms with Crippen LogP contribution in [0.5, 0.6) is 0 Å². The van der Waals surface area contributed by atoms with Crippen LogP contribution in [0.2, 0.25) is 0 Å². The van der Waals surface area contributed by atoms with Crippen LogP contribution in [0, 0.1) is 0 Å². The molecule has 0 aromatic heterocycles. The summed E-state index contributed by atoms with van der Waals surface area (Å²) in [7, 11) is 2.00. The summed E-state index contributed by atoms with van der Waals surface area (Å²) in [6.07, 6.45) is 5.39. The zero-order valence-corrected chi connectivity index (χ0v) is 10.1. The number of hydrogen-bond acceptors (Lipinski definition) is 3. The van der Waals surface area contributed by atoms with E-state index in [4.69, 9.17) is 8.85 Å². The number of nitrogens with zero attached hydrogens (tertiary/aromatic N) is 1. The summed E-state index contributed by atoms with van der Waals surface area (Å²) in [4.78, 5) is 0. The first-order valence-corrected chi connectivity index (χ1v) is 6.60. The Morgan fingerprint density at radius 1 is 1.23 bits per heavy atom. The van der Waals surface area contributed by atoms with Gasteiger partial charge in [0.05, 0.1) is 0 Å². The molecular formula is C9H21NO2Si. The monoisotopic (exact) mass is 203 g/mol. The summed E-state index contributed by atoms with van der Waals surface area (Å²) in [6, 6.07) is 0.724. The van der Waals surface area contributed by atoms with Gasteiger partial charge < -0.3 is 8.85 Å². The molecule has 1 saturated carbocycles. The molecule has 13 heavy (non-hydrogen) atoms. The highest BCUT2D eigenvalue weighted by Crippen LogP contribution is 2.24. The van der Waals surface area contributed by atoms with Crippen molar-refractivity contribution in [1.82, 2.24) is 4.57 Å². The van der Waals surface area contributed by atoms with E-state index in [-0.39, 0.29) is 0 Å². The molecule has 0 unspecified atom stereocenters. The number of hydrogen-bond donors (Lipinski definition) is 0. The van der Waals surface area contributed by atoms with E-state index in [9.17, 15) is 0 Å². The molecule has 0 N–H and O–H groups in total. The quantitative estimate of drug-likeness (QED) is 0.628. The minimum Gasteiger partial charge on any atom is -0.388 e. The largest absolute Gasteiger partial charge is 0.410 e. The van der Waals surface area contributed by atoms with Crippen LogP contribution in [-0.4, -0.2) is 40.8 Å². The van der Waals surface area contributed by atoms with Crippen molar-refractivity contribution in [2.24, 2.45) is 0 Å². The summed E-state index contributed by atoms with van der Waals surface area (Å²) in [5.74, 6) is 0. The lowest BCUT2D eigenvalue weighted by atomic mass is 10.2. The lowest BCUT2D eigenvalue weighted by Gasteiger charge is -2.31. The zero-order chi connectivity index (χ0) is 9.68. The second kappa shape index (κ2) is 5.75. The summed E-state index contributed by atoms with van der Waals surface area (Å²) in [5.41, 5.74) is 0. The third kappa shape index (κ3) is 2.77. The van der Waals surface area contributed by atoms with Gasteiger partial charge in [0.2, 0.25) is 0 Å². The molecular weight excluding hydrogens is 182 g/mol. The maximum atomic E-state index is 5.41. The molecule has 1 aliphatic carbocycles. The first kappa shape index (κ1) is 11.2. The predicted octanol–water partition coefficient (Wildman–Crippen LogP) is 1.26. The molecule has 0 saturated heterocycles. The van der Waals surface area contributed by atoms with Gasteiger partial charge in [0.1, 0.15) is 0 Å². The van der Waals surface area contributed by atoms with Crippen LogP contribution < -0.4 is 0 Å². The summed E-state index contributed by atoms with van der Waals surface area (Å²) in [5, 5.41) is 0. The van der Waals surface area contributed by atoms with Crippen LogP contribution in [0.15, 0.2) is 0 Å². The minimum atomic E-state index is -1.53. The van der Waals surface area contributed by atoms with Crippen molar-refractivity contribution >= 4 is 9.45 Å². The molecule has 78 valence electrons. The first-order chi connectivity index (χ1) is 6.33. The normalized spacial score (nSPS) is 19.2. The average molecular weight is 203 g/mol. The first-order valence-electron chi connectivity index (χ1n) is 5.14. The van der Waals surface area contributed by atoms with E-state index in [1.807, 2.05) is 0 Å². The van der Waals surface area contributed by atoms with Gasteiger partial charge >= 0.3 is 9.45 Å². The van der Waals surface area contributed by atoms with Crippen molar-refractivity contribution in [1.29, 1.82) is 0 Å². The van der Waals surface area contributed by atoms with E-state index in [1.54, 1.807) is 14.2 Å². The average Bonchev–Trinajstić information content (AvgIpc) is 2.66. The molecule has 1 aliphatic rings. The van der Waals surface area contributed by atoms with E-state index in [0.29, 0.717) is 0 Å². The Labute approximate surface area is 82.9 Å². The number of rotatable bonds is 5. The van der Waals surface area contributed by atoms with Gasteiger partial charge in [-0.2, -0.15) is 0 Å². The third-order valence-electron chi connectivity index (χ3n) is 2.83. The summed E-state index contributed by atoms with van der Waals surface area (Å²) < 4.78 is 13.3. The third-order valence-corrected chi connectivity index (χ3v) is 4.97. The SMILES string of the molecule is CCN(C1CCCC1)[SiH](OC)OC. The molecule has 0 spiro atoms. The fraction of sp³-hybridized carbons (Fsp3) is 1.00. The van der Waals surface area contributed by atoms with Crippen LogP contribution in [-0.2, 0) is 8.85 Å². The van der Waals surface area contributed by atoms with Gasteiger partial charge in [-0.25, -0.2) is 0 Å². The lowest BCUT2D eigenvalue weighted by Crippen LogP contribution is -2.48. The Morgan fingerprint density at radius 3 is 2.15 bits per heavy atom. The van der Waals surface area contributed by atoms with Crippen LogP contribution >= 0.6 is 0 Å². The van der Waals surface area contributed by atoms with Gasteiger partial charge in [-0.1, -0.05) is 19.8 Å². The second-order valence-corrected chi connectivity index (χ2v) is 5.77. The van der Waals surface area contributed by atoms with Crippen LogP contribution in [0.4, 0.5) is 0 Å². The maximum absolute atomic E-state index is 5.41. The van der Waals surface area contributed by atoms with Crippen LogP contribution in [0.3, 0.4) is 0 Å². The topological polar surface area (TPSA) is 21.7 Å². The summed E-state index contributed by atoms with van der Waals surface area (Å²) >= 11 is 0. The van der Waals surface area contributed by atoms with Crippen molar-refractivity contribution in [3.63, 3.8) is 0 Å². The van der Waals surface area contributed by atoms with E-state index >= 15 is 0 Å². The fourth-order valence-corrected chi connectivity index (χ4v) is 3.86. The van der Waals surface area contributed by atoms with Gasteiger partial charge in [0, 0.05) is 20.3 Å². The van der Waals surface area contributed by atoms with Crippen molar-refractivity contribution in [2.45, 2.75) is 38.6 Å². The van der Waals surface area contributed by atoms with Gasteiger partial charge in [0.25, 0.3) is 0 Å². The van der Waals surface area contributed by atoms with E-state index in [1.165, 1.54) is 25.7 Å². The van der Waals surface area contributed by atoms with E-state index in [0.717, 1.165) is 12.6 Å². The fourth-order valence-electron chi connectivity index (χ4n) is 2.18. The van der Waals surface area contributed by atoms with Gasteiger partial charge in [-0.3, -0.25) is 4.57 Å². The Hall–Kier alpha value is 0.0969. The molecule has 0 radical (unpaired) electrons. The Balaban J connectivity index is 2.48. The standard InChI is InChI=1S/C9H21NO2Si/c1-4-10(13(11-2)12-3)9-7-5-6-8-9/h9,13H,4-8H2,1-3H3. The van der Waals surface area contributed by atoms with Crippen molar-refractivity contribution < 1.29 is 8.85 Å². The summed E-state index contributed by atoms with van der Waals surface area (Å²) in [6.45, 7) is 3.25. The highest BCUT2D eigenvalue weighted by atomic mass is 28.3. The van der Waals surface area contributed by atoms with Gasteiger partial charge in [0.15, 0.2) is 0 Å². The zero-order valence-electron chi connectivity index (χ0n) is 8.95. The molecule has 0 amide bonds. The Morgan fingerprint density at radius 2 is 1.77 bits per heavy atom. The highest BCUT2D eigenvalue weighted by Gasteiger charge is 2.29. The van der Waals surface area contributed by atoms with Gasteiger partial charge in [-0.15, -0.1) is 0 Å². The van der Waals surface area contributed by atoms with Crippen LogP contribution in [0.25, 0.3) is 0 Å². The molecule has 0 aromatic carbocycles. The molecule has 0 heterocycles.